The van der Waals surface area contributed by atoms with Crippen LogP contribution in [0.4, 0.5) is 13.2 Å². The van der Waals surface area contributed by atoms with Crippen molar-refractivity contribution in [2.24, 2.45) is 0 Å². The van der Waals surface area contributed by atoms with E-state index >= 15 is 0 Å². The van der Waals surface area contributed by atoms with E-state index in [1.165, 1.54) is 21.2 Å². The zero-order valence-electron chi connectivity index (χ0n) is 18.1. The summed E-state index contributed by atoms with van der Waals surface area (Å²) in [4.78, 5) is 50.3. The van der Waals surface area contributed by atoms with Crippen LogP contribution in [0.15, 0.2) is 27.5 Å². The van der Waals surface area contributed by atoms with Crippen LogP contribution in [0.2, 0.25) is 0 Å². The molecule has 1 aromatic carbocycles. The Morgan fingerprint density at radius 1 is 1.18 bits per heavy atom. The molecule has 33 heavy (non-hydrogen) atoms. The highest BCUT2D eigenvalue weighted by Gasteiger charge is 2.42. The van der Waals surface area contributed by atoms with E-state index in [1.807, 2.05) is 0 Å². The van der Waals surface area contributed by atoms with E-state index in [1.54, 1.807) is 0 Å². The van der Waals surface area contributed by atoms with Gasteiger partial charge in [-0.3, -0.25) is 19.2 Å². The van der Waals surface area contributed by atoms with Gasteiger partial charge in [-0.1, -0.05) is 0 Å². The number of thiol groups is 1. The molecule has 0 fully saturated rings. The second-order valence-electron chi connectivity index (χ2n) is 7.18. The molecular weight excluding hydrogens is 483 g/mol. The molecule has 0 saturated carbocycles. The Hall–Kier alpha value is -2.47. The molecule has 1 aromatic rings. The molecule has 1 aliphatic rings. The number of hydrogen-bond donors (Lipinski definition) is 1. The second kappa shape index (κ2) is 11.1. The van der Waals surface area contributed by atoms with E-state index < -0.39 is 53.1 Å². The average Bonchev–Trinajstić information content (AvgIpc) is 2.74. The highest BCUT2D eigenvalue weighted by Crippen LogP contribution is 2.44. The largest absolute Gasteiger partial charge is 0.482 e. The van der Waals surface area contributed by atoms with Gasteiger partial charge in [-0.05, 0) is 25.0 Å². The predicted octanol–water partition coefficient (Wildman–Crippen LogP) is 3.56. The molecule has 0 unspecified atom stereocenters. The van der Waals surface area contributed by atoms with E-state index in [0.717, 1.165) is 28.8 Å². The SMILES string of the molecule is COC(=O)CSC1=C(C(=O)c2ccc(S)c(OCC(=O)N(C)C)c2C(F)(F)F)C(=O)CCC1. The molecule has 12 heteroatoms. The summed E-state index contributed by atoms with van der Waals surface area (Å²) in [5, 5.41) is 0. The van der Waals surface area contributed by atoms with E-state index in [-0.39, 0.29) is 34.0 Å². The quantitative estimate of drug-likeness (QED) is 0.250. The molecule has 1 aliphatic carbocycles. The van der Waals surface area contributed by atoms with Gasteiger partial charge in [0.05, 0.1) is 18.4 Å². The minimum Gasteiger partial charge on any atom is -0.482 e. The number of thioether (sulfide) groups is 1. The van der Waals surface area contributed by atoms with Crippen LogP contribution in [-0.2, 0) is 25.3 Å². The normalized spacial score (nSPS) is 14.2. The maximum absolute atomic E-state index is 14.1. The maximum Gasteiger partial charge on any atom is 0.420 e. The Kier molecular flexibility index (Phi) is 9.01. The highest BCUT2D eigenvalue weighted by atomic mass is 32.2. The first kappa shape index (κ1) is 26.8. The van der Waals surface area contributed by atoms with Crippen LogP contribution < -0.4 is 4.74 Å². The van der Waals surface area contributed by atoms with Crippen molar-refractivity contribution in [3.8, 4) is 5.75 Å². The molecule has 180 valence electrons. The number of allylic oxidation sites excluding steroid dienone is 2. The number of benzene rings is 1. The molecule has 7 nitrogen and oxygen atoms in total. The van der Waals surface area contributed by atoms with E-state index in [2.05, 4.69) is 17.4 Å². The molecule has 0 atom stereocenters. The van der Waals surface area contributed by atoms with Crippen LogP contribution >= 0.6 is 24.4 Å². The maximum atomic E-state index is 14.1. The standard InChI is InChI=1S/C21H22F3NO6S2/c1-25(2)15(27)9-31-20-13(32)8-7-11(18(20)21(22,23)24)19(29)17-12(26)5-4-6-14(17)33-10-16(28)30-3/h7-8,32H,4-6,9-10H2,1-3H3. The summed E-state index contributed by atoms with van der Waals surface area (Å²) in [6.45, 7) is -0.705. The minimum atomic E-state index is -5.04. The molecule has 0 N–H and O–H groups in total. The van der Waals surface area contributed by atoms with Gasteiger partial charge >= 0.3 is 12.1 Å². The number of carbonyl (C=O) groups is 4. The van der Waals surface area contributed by atoms with E-state index in [0.29, 0.717) is 6.42 Å². The molecule has 0 bridgehead atoms. The number of esters is 1. The van der Waals surface area contributed by atoms with Crippen LogP contribution in [0.25, 0.3) is 0 Å². The predicted molar refractivity (Wildman–Crippen MR) is 118 cm³/mol. The number of Topliss-reactive ketones (excluding diaryl/α,β-unsaturated/α-hetero) is 2. The van der Waals surface area contributed by atoms with Crippen molar-refractivity contribution in [3.63, 3.8) is 0 Å². The zero-order chi connectivity index (χ0) is 24.9. The summed E-state index contributed by atoms with van der Waals surface area (Å²) in [5.41, 5.74) is -2.60. The van der Waals surface area contributed by atoms with E-state index in [9.17, 15) is 32.3 Å². The monoisotopic (exact) mass is 505 g/mol. The fraction of sp³-hybridized carbons (Fsp3) is 0.429. The Bertz CT molecular complexity index is 1000. The molecule has 0 aromatic heterocycles. The van der Waals surface area contributed by atoms with Crippen molar-refractivity contribution in [1.29, 1.82) is 0 Å². The number of rotatable bonds is 8. The van der Waals surface area contributed by atoms with Crippen LogP contribution in [0.5, 0.6) is 5.75 Å². The van der Waals surface area contributed by atoms with E-state index in [4.69, 9.17) is 4.74 Å². The summed E-state index contributed by atoms with van der Waals surface area (Å²) in [6, 6.07) is 2.06. The molecule has 0 spiro atoms. The van der Waals surface area contributed by atoms with Crippen LogP contribution in [0, 0.1) is 0 Å². The number of amides is 1. The fourth-order valence-corrected chi connectivity index (χ4v) is 4.30. The summed E-state index contributed by atoms with van der Waals surface area (Å²) >= 11 is 4.89. The van der Waals surface area contributed by atoms with Gasteiger partial charge in [-0.15, -0.1) is 24.4 Å². The summed E-state index contributed by atoms with van der Waals surface area (Å²) in [6.07, 6.45) is -4.38. The third-order valence-corrected chi connectivity index (χ3v) is 6.18. The van der Waals surface area contributed by atoms with Crippen molar-refractivity contribution in [1.82, 2.24) is 4.90 Å². The van der Waals surface area contributed by atoms with Gasteiger partial charge < -0.3 is 14.4 Å². The third kappa shape index (κ3) is 6.53. The molecule has 0 saturated heterocycles. The molecule has 2 rings (SSSR count). The number of hydrogen-bond acceptors (Lipinski definition) is 8. The first-order valence-electron chi connectivity index (χ1n) is 9.65. The van der Waals surface area contributed by atoms with Gasteiger partial charge in [-0.2, -0.15) is 13.2 Å². The Balaban J connectivity index is 2.59. The van der Waals surface area contributed by atoms with Crippen molar-refractivity contribution in [3.05, 3.63) is 33.7 Å². The van der Waals surface area contributed by atoms with Gasteiger partial charge in [-0.25, -0.2) is 0 Å². The third-order valence-electron chi connectivity index (χ3n) is 4.69. The van der Waals surface area contributed by atoms with Gasteiger partial charge in [0, 0.05) is 35.9 Å². The second-order valence-corrected chi connectivity index (χ2v) is 8.73. The smallest absolute Gasteiger partial charge is 0.420 e. The van der Waals surface area contributed by atoms with Gasteiger partial charge in [0.1, 0.15) is 11.3 Å². The number of methoxy groups -OCH3 is 1. The average molecular weight is 506 g/mol. The fourth-order valence-electron chi connectivity index (χ4n) is 3.00. The number of carbonyl (C=O) groups excluding carboxylic acids is 4. The van der Waals surface area contributed by atoms with Gasteiger partial charge in [0.15, 0.2) is 18.2 Å². The lowest BCUT2D eigenvalue weighted by atomic mass is 9.89. The van der Waals surface area contributed by atoms with Crippen molar-refractivity contribution in [2.45, 2.75) is 30.3 Å². The first-order chi connectivity index (χ1) is 15.4. The summed E-state index contributed by atoms with van der Waals surface area (Å²) in [7, 11) is 3.99. The molecule has 0 aliphatic heterocycles. The highest BCUT2D eigenvalue weighted by molar-refractivity contribution is 8.03. The van der Waals surface area contributed by atoms with Gasteiger partial charge in [0.25, 0.3) is 5.91 Å². The number of likely N-dealkylation sites (N-methyl/N-ethyl adjacent to an activating group) is 1. The number of halogens is 3. The number of ether oxygens (including phenoxy) is 2. The lowest BCUT2D eigenvalue weighted by Gasteiger charge is -2.22. The van der Waals surface area contributed by atoms with Crippen LogP contribution in [0.3, 0.4) is 0 Å². The van der Waals surface area contributed by atoms with Crippen molar-refractivity contribution < 1.29 is 41.8 Å². The van der Waals surface area contributed by atoms with Crippen LogP contribution in [0.1, 0.15) is 35.2 Å². The minimum absolute atomic E-state index is 0.00391. The van der Waals surface area contributed by atoms with Crippen molar-refractivity contribution in [2.75, 3.05) is 33.6 Å². The molecule has 0 radical (unpaired) electrons. The lowest BCUT2D eigenvalue weighted by Crippen LogP contribution is -2.28. The summed E-state index contributed by atoms with van der Waals surface area (Å²) in [5.74, 6) is -3.91. The van der Waals surface area contributed by atoms with Gasteiger partial charge in [0.2, 0.25) is 0 Å². The van der Waals surface area contributed by atoms with Crippen molar-refractivity contribution >= 4 is 47.8 Å². The summed E-state index contributed by atoms with van der Waals surface area (Å²) < 4.78 is 51.9. The zero-order valence-corrected chi connectivity index (χ0v) is 19.8. The molecule has 0 heterocycles. The van der Waals surface area contributed by atoms with Crippen LogP contribution in [-0.4, -0.2) is 61.9 Å². The molecular formula is C21H22F3NO6S2. The number of nitrogens with zero attached hydrogens (tertiary/aromatic N) is 1. The first-order valence-corrected chi connectivity index (χ1v) is 11.1. The number of alkyl halides is 3. The number of ketones is 2. The Labute approximate surface area is 198 Å². The molecule has 1 amide bonds. The Morgan fingerprint density at radius 3 is 2.42 bits per heavy atom. The topological polar surface area (TPSA) is 90.0 Å². The Morgan fingerprint density at radius 2 is 1.85 bits per heavy atom. The lowest BCUT2D eigenvalue weighted by molar-refractivity contribution is -0.141.